The SMILES string of the molecule is C=C/C(N)=C\C(=C)N. The number of hydrogen-bond acceptors (Lipinski definition) is 2. The van der Waals surface area contributed by atoms with Gasteiger partial charge in [-0.15, -0.1) is 0 Å². The van der Waals surface area contributed by atoms with E-state index in [-0.39, 0.29) is 0 Å². The van der Waals surface area contributed by atoms with Gasteiger partial charge in [-0.05, 0) is 12.2 Å². The van der Waals surface area contributed by atoms with E-state index in [1.165, 1.54) is 6.08 Å². The van der Waals surface area contributed by atoms with Gasteiger partial charge in [-0.2, -0.15) is 0 Å². The van der Waals surface area contributed by atoms with Crippen molar-refractivity contribution < 1.29 is 0 Å². The van der Waals surface area contributed by atoms with Gasteiger partial charge >= 0.3 is 0 Å². The van der Waals surface area contributed by atoms with E-state index >= 15 is 0 Å². The molecule has 0 fully saturated rings. The van der Waals surface area contributed by atoms with Crippen LogP contribution in [0.3, 0.4) is 0 Å². The van der Waals surface area contributed by atoms with Crippen LogP contribution < -0.4 is 11.5 Å². The highest BCUT2D eigenvalue weighted by Crippen LogP contribution is 1.86. The second-order valence-electron chi connectivity index (χ2n) is 1.42. The van der Waals surface area contributed by atoms with Gasteiger partial charge in [0.2, 0.25) is 0 Å². The first-order chi connectivity index (χ1) is 3.66. The van der Waals surface area contributed by atoms with Crippen LogP contribution in [0.4, 0.5) is 0 Å². The summed E-state index contributed by atoms with van der Waals surface area (Å²) < 4.78 is 0. The highest BCUT2D eigenvalue weighted by molar-refractivity contribution is 5.22. The fourth-order valence-electron chi connectivity index (χ4n) is 0.273. The second-order valence-corrected chi connectivity index (χ2v) is 1.42. The Balaban J connectivity index is 3.94. The van der Waals surface area contributed by atoms with Gasteiger partial charge in [-0.3, -0.25) is 0 Å². The van der Waals surface area contributed by atoms with E-state index in [4.69, 9.17) is 11.5 Å². The van der Waals surface area contributed by atoms with Gasteiger partial charge in [0.05, 0.1) is 0 Å². The van der Waals surface area contributed by atoms with Crippen molar-refractivity contribution in [1.82, 2.24) is 0 Å². The second kappa shape index (κ2) is 2.91. The lowest BCUT2D eigenvalue weighted by Crippen LogP contribution is -1.97. The molecule has 0 amide bonds. The van der Waals surface area contributed by atoms with E-state index in [2.05, 4.69) is 13.2 Å². The molecular weight excluding hydrogens is 100 g/mol. The van der Waals surface area contributed by atoms with Gasteiger partial charge in [0, 0.05) is 11.4 Å². The first-order valence-corrected chi connectivity index (χ1v) is 2.21. The summed E-state index contributed by atoms with van der Waals surface area (Å²) in [6, 6.07) is 0. The summed E-state index contributed by atoms with van der Waals surface area (Å²) in [7, 11) is 0. The maximum absolute atomic E-state index is 5.28. The molecular formula is C6H10N2. The quantitative estimate of drug-likeness (QED) is 0.508. The van der Waals surface area contributed by atoms with Crippen molar-refractivity contribution in [2.24, 2.45) is 11.5 Å². The predicted molar refractivity (Wildman–Crippen MR) is 35.8 cm³/mol. The molecule has 8 heavy (non-hydrogen) atoms. The van der Waals surface area contributed by atoms with Crippen LogP contribution in [0.5, 0.6) is 0 Å². The molecule has 0 aromatic heterocycles. The third-order valence-corrected chi connectivity index (χ3v) is 0.588. The summed E-state index contributed by atoms with van der Waals surface area (Å²) >= 11 is 0. The van der Waals surface area contributed by atoms with Crippen LogP contribution >= 0.6 is 0 Å². The number of rotatable bonds is 2. The van der Waals surface area contributed by atoms with Crippen molar-refractivity contribution in [3.63, 3.8) is 0 Å². The predicted octanol–water partition coefficient (Wildman–Crippen LogP) is 0.487. The molecule has 0 saturated carbocycles. The van der Waals surface area contributed by atoms with Gasteiger partial charge in [-0.1, -0.05) is 13.2 Å². The van der Waals surface area contributed by atoms with E-state index in [9.17, 15) is 0 Å². The Kier molecular flexibility index (Phi) is 2.48. The fraction of sp³-hybridized carbons (Fsp3) is 0. The van der Waals surface area contributed by atoms with Crippen LogP contribution in [0.25, 0.3) is 0 Å². The van der Waals surface area contributed by atoms with E-state index in [1.807, 2.05) is 0 Å². The zero-order valence-corrected chi connectivity index (χ0v) is 4.72. The summed E-state index contributed by atoms with van der Waals surface area (Å²) in [5.41, 5.74) is 11.4. The van der Waals surface area contributed by atoms with Gasteiger partial charge in [0.25, 0.3) is 0 Å². The minimum atomic E-state index is 0.447. The molecule has 2 heteroatoms. The number of allylic oxidation sites excluding steroid dienone is 2. The normalized spacial score (nSPS) is 10.8. The third kappa shape index (κ3) is 3.03. The lowest BCUT2D eigenvalue weighted by atomic mass is 10.3. The molecule has 0 spiro atoms. The molecule has 44 valence electrons. The smallest absolute Gasteiger partial charge is 0.0328 e. The highest BCUT2D eigenvalue weighted by atomic mass is 14.6. The summed E-state index contributed by atoms with van der Waals surface area (Å²) in [4.78, 5) is 0. The first-order valence-electron chi connectivity index (χ1n) is 2.21. The van der Waals surface area contributed by atoms with Crippen LogP contribution in [0.15, 0.2) is 36.7 Å². The Labute approximate surface area is 49.2 Å². The molecule has 0 saturated heterocycles. The Hall–Kier alpha value is -1.18. The van der Waals surface area contributed by atoms with E-state index in [0.717, 1.165) is 0 Å². The van der Waals surface area contributed by atoms with Gasteiger partial charge in [-0.25, -0.2) is 0 Å². The van der Waals surface area contributed by atoms with Crippen molar-refractivity contribution >= 4 is 0 Å². The average molecular weight is 110 g/mol. The van der Waals surface area contributed by atoms with Crippen molar-refractivity contribution in [2.75, 3.05) is 0 Å². The van der Waals surface area contributed by atoms with Crippen molar-refractivity contribution in [2.45, 2.75) is 0 Å². The molecule has 0 bridgehead atoms. The van der Waals surface area contributed by atoms with E-state index < -0.39 is 0 Å². The molecule has 0 heterocycles. The Morgan fingerprint density at radius 2 is 1.88 bits per heavy atom. The summed E-state index contributed by atoms with van der Waals surface area (Å²) in [6.45, 7) is 6.84. The van der Waals surface area contributed by atoms with Gasteiger partial charge < -0.3 is 11.5 Å². The maximum Gasteiger partial charge on any atom is 0.0328 e. The van der Waals surface area contributed by atoms with Crippen LogP contribution in [-0.4, -0.2) is 0 Å². The zero-order chi connectivity index (χ0) is 6.57. The van der Waals surface area contributed by atoms with Crippen LogP contribution in [0, 0.1) is 0 Å². The Bertz CT molecular complexity index is 133. The van der Waals surface area contributed by atoms with E-state index in [0.29, 0.717) is 11.4 Å². The third-order valence-electron chi connectivity index (χ3n) is 0.588. The monoisotopic (exact) mass is 110 g/mol. The summed E-state index contributed by atoms with van der Waals surface area (Å²) in [5, 5.41) is 0. The van der Waals surface area contributed by atoms with Crippen molar-refractivity contribution in [1.29, 1.82) is 0 Å². The van der Waals surface area contributed by atoms with E-state index in [1.54, 1.807) is 6.08 Å². The molecule has 0 radical (unpaired) electrons. The number of hydrogen-bond donors (Lipinski definition) is 2. The molecule has 0 aliphatic carbocycles. The molecule has 0 atom stereocenters. The highest BCUT2D eigenvalue weighted by Gasteiger charge is 1.77. The molecule has 0 unspecified atom stereocenters. The number of nitrogens with two attached hydrogens (primary N) is 2. The summed E-state index contributed by atoms with van der Waals surface area (Å²) in [6.07, 6.45) is 3.06. The maximum atomic E-state index is 5.28. The van der Waals surface area contributed by atoms with Crippen molar-refractivity contribution in [3.8, 4) is 0 Å². The lowest BCUT2D eigenvalue weighted by Gasteiger charge is -1.88. The van der Waals surface area contributed by atoms with Crippen LogP contribution in [0.2, 0.25) is 0 Å². The minimum absolute atomic E-state index is 0.447. The van der Waals surface area contributed by atoms with Gasteiger partial charge in [0.15, 0.2) is 0 Å². The lowest BCUT2D eigenvalue weighted by molar-refractivity contribution is 1.36. The minimum Gasteiger partial charge on any atom is -0.399 e. The van der Waals surface area contributed by atoms with Crippen molar-refractivity contribution in [3.05, 3.63) is 36.7 Å². The standard InChI is InChI=1S/C6H10N2/c1-3-6(8)4-5(2)7/h3-4H,1-2,7-8H2/b6-4+. The summed E-state index contributed by atoms with van der Waals surface area (Å²) in [5.74, 6) is 0. The molecule has 0 aliphatic rings. The first kappa shape index (κ1) is 6.82. The molecule has 0 rings (SSSR count). The Morgan fingerprint density at radius 3 is 2.00 bits per heavy atom. The largest absolute Gasteiger partial charge is 0.399 e. The topological polar surface area (TPSA) is 52.0 Å². The van der Waals surface area contributed by atoms with Crippen LogP contribution in [-0.2, 0) is 0 Å². The molecule has 0 aromatic carbocycles. The molecule has 4 N–H and O–H groups in total. The van der Waals surface area contributed by atoms with Gasteiger partial charge in [0.1, 0.15) is 0 Å². The molecule has 0 aromatic rings. The fourth-order valence-corrected chi connectivity index (χ4v) is 0.273. The average Bonchev–Trinajstić information content (AvgIpc) is 1.65. The molecule has 0 aliphatic heterocycles. The van der Waals surface area contributed by atoms with Crippen LogP contribution in [0.1, 0.15) is 0 Å². The Morgan fingerprint density at radius 1 is 1.38 bits per heavy atom. The zero-order valence-electron chi connectivity index (χ0n) is 4.72. The molecule has 2 nitrogen and oxygen atoms in total.